The van der Waals surface area contributed by atoms with Crippen LogP contribution in [-0.2, 0) is 13.5 Å². The van der Waals surface area contributed by atoms with Crippen LogP contribution in [0.2, 0.25) is 0 Å². The molecule has 0 saturated carbocycles. The summed E-state index contributed by atoms with van der Waals surface area (Å²) >= 11 is 1.79. The van der Waals surface area contributed by atoms with Crippen LogP contribution >= 0.6 is 11.3 Å². The molecule has 104 valence electrons. The molecule has 0 amide bonds. The zero-order valence-corrected chi connectivity index (χ0v) is 12.9. The fourth-order valence-corrected chi connectivity index (χ4v) is 3.24. The lowest BCUT2D eigenvalue weighted by Gasteiger charge is -2.14. The maximum atomic E-state index is 4.79. The van der Waals surface area contributed by atoms with E-state index in [-0.39, 0.29) is 6.04 Å². The van der Waals surface area contributed by atoms with Gasteiger partial charge < -0.3 is 5.32 Å². The van der Waals surface area contributed by atoms with Crippen LogP contribution in [0.5, 0.6) is 0 Å². The number of aromatic nitrogens is 3. The molecule has 0 radical (unpaired) electrons. The first-order valence-electron chi connectivity index (χ1n) is 6.83. The van der Waals surface area contributed by atoms with Gasteiger partial charge in [0.2, 0.25) is 0 Å². The lowest BCUT2D eigenvalue weighted by molar-refractivity contribution is 0.594. The summed E-state index contributed by atoms with van der Waals surface area (Å²) in [6.07, 6.45) is 6.10. The van der Waals surface area contributed by atoms with Gasteiger partial charge in [-0.25, -0.2) is 4.98 Å². The van der Waals surface area contributed by atoms with E-state index < -0.39 is 0 Å². The van der Waals surface area contributed by atoms with E-state index in [1.807, 2.05) is 17.9 Å². The zero-order valence-electron chi connectivity index (χ0n) is 12.1. The molecule has 1 atom stereocenters. The minimum Gasteiger partial charge on any atom is -0.304 e. The lowest BCUT2D eigenvalue weighted by Crippen LogP contribution is -2.22. The Bertz CT molecular complexity index is 529. The summed E-state index contributed by atoms with van der Waals surface area (Å²) in [6, 6.07) is 0.164. The first-order chi connectivity index (χ1) is 9.15. The van der Waals surface area contributed by atoms with E-state index >= 15 is 0 Å². The monoisotopic (exact) mass is 278 g/mol. The van der Waals surface area contributed by atoms with Gasteiger partial charge in [-0.2, -0.15) is 5.10 Å². The number of thiazole rings is 1. The van der Waals surface area contributed by atoms with Crippen molar-refractivity contribution in [2.45, 2.75) is 39.7 Å². The Kier molecular flexibility index (Phi) is 4.71. The topological polar surface area (TPSA) is 42.7 Å². The van der Waals surface area contributed by atoms with Crippen LogP contribution in [0.4, 0.5) is 0 Å². The molecule has 0 saturated heterocycles. The predicted molar refractivity (Wildman–Crippen MR) is 79.6 cm³/mol. The highest BCUT2D eigenvalue weighted by Gasteiger charge is 2.19. The maximum Gasteiger partial charge on any atom is 0.115 e. The highest BCUT2D eigenvalue weighted by Crippen LogP contribution is 2.28. The highest BCUT2D eigenvalue weighted by molar-refractivity contribution is 7.11. The number of aryl methyl sites for hydroxylation is 3. The quantitative estimate of drug-likeness (QED) is 0.883. The Labute approximate surface area is 118 Å². The Morgan fingerprint density at radius 3 is 2.74 bits per heavy atom. The van der Waals surface area contributed by atoms with E-state index in [0.29, 0.717) is 0 Å². The molecule has 2 aromatic heterocycles. The van der Waals surface area contributed by atoms with Crippen LogP contribution < -0.4 is 5.32 Å². The van der Waals surface area contributed by atoms with Crippen molar-refractivity contribution in [2.75, 3.05) is 6.54 Å². The largest absolute Gasteiger partial charge is 0.304 e. The lowest BCUT2D eigenvalue weighted by atomic mass is 10.1. The first kappa shape index (κ1) is 14.2. The predicted octanol–water partition coefficient (Wildman–Crippen LogP) is 2.84. The van der Waals surface area contributed by atoms with Gasteiger partial charge in [0, 0.05) is 23.7 Å². The minimum atomic E-state index is 0.164. The average molecular weight is 278 g/mol. The number of hydrogen-bond donors (Lipinski definition) is 1. The molecule has 0 fully saturated rings. The molecular formula is C14H22N4S. The highest BCUT2D eigenvalue weighted by atomic mass is 32.1. The molecule has 0 spiro atoms. The van der Waals surface area contributed by atoms with Crippen molar-refractivity contribution in [2.24, 2.45) is 7.05 Å². The van der Waals surface area contributed by atoms with Gasteiger partial charge >= 0.3 is 0 Å². The number of nitrogens with zero attached hydrogens (tertiary/aromatic N) is 3. The molecule has 1 N–H and O–H groups in total. The third-order valence-electron chi connectivity index (χ3n) is 3.15. The van der Waals surface area contributed by atoms with Crippen molar-refractivity contribution in [3.63, 3.8) is 0 Å². The van der Waals surface area contributed by atoms with Gasteiger partial charge in [-0.05, 0) is 26.3 Å². The fourth-order valence-electron chi connectivity index (χ4n) is 2.13. The Hall–Kier alpha value is -1.20. The van der Waals surface area contributed by atoms with Crippen LogP contribution in [0.25, 0.3) is 0 Å². The summed E-state index contributed by atoms with van der Waals surface area (Å²) in [4.78, 5) is 6.11. The molecule has 1 unspecified atom stereocenters. The molecule has 0 aromatic carbocycles. The molecule has 0 aliphatic rings. The Morgan fingerprint density at radius 2 is 2.21 bits per heavy atom. The van der Waals surface area contributed by atoms with E-state index in [2.05, 4.69) is 37.4 Å². The van der Waals surface area contributed by atoms with Gasteiger partial charge in [-0.15, -0.1) is 11.3 Å². The van der Waals surface area contributed by atoms with Crippen molar-refractivity contribution in [3.8, 4) is 0 Å². The molecule has 19 heavy (non-hydrogen) atoms. The van der Waals surface area contributed by atoms with Crippen LogP contribution in [0.15, 0.2) is 12.4 Å². The summed E-state index contributed by atoms with van der Waals surface area (Å²) in [5.41, 5.74) is 2.40. The number of hydrogen-bond acceptors (Lipinski definition) is 4. The summed E-state index contributed by atoms with van der Waals surface area (Å²) in [5.74, 6) is 0. The molecule has 4 nitrogen and oxygen atoms in total. The van der Waals surface area contributed by atoms with E-state index in [0.717, 1.165) is 24.4 Å². The van der Waals surface area contributed by atoms with Gasteiger partial charge in [0.15, 0.2) is 0 Å². The molecule has 5 heteroatoms. The second-order valence-corrected chi connectivity index (χ2v) is 5.98. The maximum absolute atomic E-state index is 4.79. The standard InChI is InChI=1S/C14H22N4S/c1-5-7-15-13(11-8-16-18(4)9-11)14-17-12(6-2)10(3)19-14/h8-9,13,15H,5-7H2,1-4H3. The molecule has 2 heterocycles. The Balaban J connectivity index is 2.30. The summed E-state index contributed by atoms with van der Waals surface area (Å²) in [7, 11) is 1.95. The molecule has 0 aliphatic heterocycles. The Morgan fingerprint density at radius 1 is 1.42 bits per heavy atom. The van der Waals surface area contributed by atoms with Crippen LogP contribution in [0.3, 0.4) is 0 Å². The van der Waals surface area contributed by atoms with Crippen molar-refractivity contribution < 1.29 is 0 Å². The van der Waals surface area contributed by atoms with Crippen LogP contribution in [0.1, 0.15) is 47.5 Å². The van der Waals surface area contributed by atoms with E-state index in [1.54, 1.807) is 11.3 Å². The molecular weight excluding hydrogens is 256 g/mol. The fraction of sp³-hybridized carbons (Fsp3) is 0.571. The normalized spacial score (nSPS) is 12.8. The van der Waals surface area contributed by atoms with Gasteiger partial charge in [-0.3, -0.25) is 4.68 Å². The van der Waals surface area contributed by atoms with E-state index in [9.17, 15) is 0 Å². The second-order valence-electron chi connectivity index (χ2n) is 4.74. The van der Waals surface area contributed by atoms with E-state index in [1.165, 1.54) is 16.1 Å². The number of nitrogens with one attached hydrogen (secondary N) is 1. The van der Waals surface area contributed by atoms with Crippen molar-refractivity contribution in [3.05, 3.63) is 33.5 Å². The van der Waals surface area contributed by atoms with Gasteiger partial charge in [0.25, 0.3) is 0 Å². The summed E-state index contributed by atoms with van der Waals surface area (Å²) < 4.78 is 1.84. The van der Waals surface area contributed by atoms with Crippen LogP contribution in [0, 0.1) is 6.92 Å². The van der Waals surface area contributed by atoms with Gasteiger partial charge in [-0.1, -0.05) is 13.8 Å². The van der Waals surface area contributed by atoms with Crippen LogP contribution in [-0.4, -0.2) is 21.3 Å². The SMILES string of the molecule is CCCNC(c1cnn(C)c1)c1nc(CC)c(C)s1. The van der Waals surface area contributed by atoms with Gasteiger partial charge in [0.1, 0.15) is 5.01 Å². The third kappa shape index (κ3) is 3.22. The molecule has 0 aliphatic carbocycles. The number of rotatable bonds is 6. The summed E-state index contributed by atoms with van der Waals surface area (Å²) in [5, 5.41) is 9.00. The van der Waals surface area contributed by atoms with Gasteiger partial charge in [0.05, 0.1) is 17.9 Å². The molecule has 2 rings (SSSR count). The summed E-state index contributed by atoms with van der Waals surface area (Å²) in [6.45, 7) is 7.47. The smallest absolute Gasteiger partial charge is 0.115 e. The van der Waals surface area contributed by atoms with E-state index in [4.69, 9.17) is 4.98 Å². The molecule has 0 bridgehead atoms. The van der Waals surface area contributed by atoms with Crippen molar-refractivity contribution in [1.29, 1.82) is 0 Å². The molecule has 2 aromatic rings. The first-order valence-corrected chi connectivity index (χ1v) is 7.65. The minimum absolute atomic E-state index is 0.164. The van der Waals surface area contributed by atoms with Crippen molar-refractivity contribution >= 4 is 11.3 Å². The van der Waals surface area contributed by atoms with Crippen molar-refractivity contribution in [1.82, 2.24) is 20.1 Å². The average Bonchev–Trinajstić information content (AvgIpc) is 2.97. The third-order valence-corrected chi connectivity index (χ3v) is 4.23. The zero-order chi connectivity index (χ0) is 13.8. The second kappa shape index (κ2) is 6.30.